The zero-order valence-electron chi connectivity index (χ0n) is 12.5. The number of likely N-dealkylation sites (tertiary alicyclic amines) is 1. The predicted molar refractivity (Wildman–Crippen MR) is 85.8 cm³/mol. The number of pyridine rings is 1. The van der Waals surface area contributed by atoms with Gasteiger partial charge in [0.05, 0.1) is 13.2 Å². The molecule has 0 radical (unpaired) electrons. The van der Waals surface area contributed by atoms with Gasteiger partial charge in [0.15, 0.2) is 0 Å². The molecule has 2 aromatic rings. The summed E-state index contributed by atoms with van der Waals surface area (Å²) in [5, 5.41) is 13.9. The molecule has 0 saturated carbocycles. The molecule has 6 heteroatoms. The molecule has 118 valence electrons. The molecule has 0 atom stereocenters. The van der Waals surface area contributed by atoms with Crippen molar-refractivity contribution in [2.75, 3.05) is 19.7 Å². The second-order valence-electron chi connectivity index (χ2n) is 5.74. The molecule has 1 saturated heterocycles. The van der Waals surface area contributed by atoms with E-state index in [0.29, 0.717) is 17.6 Å². The van der Waals surface area contributed by atoms with Crippen LogP contribution in [-0.2, 0) is 13.1 Å². The Morgan fingerprint density at radius 3 is 2.73 bits per heavy atom. The molecule has 0 spiro atoms. The summed E-state index contributed by atoms with van der Waals surface area (Å²) < 4.78 is 1.93. The van der Waals surface area contributed by atoms with E-state index in [1.807, 2.05) is 29.2 Å². The van der Waals surface area contributed by atoms with Crippen molar-refractivity contribution in [3.05, 3.63) is 47.0 Å². The standard InChI is InChI=1S/C16H21ClN4O/c17-16-2-1-13(11-18-16)12-20-7-4-14(5-8-20)15-3-6-19-21(15)9-10-22/h1-3,6,11,14,22H,4-5,7-10,12H2. The molecule has 5 nitrogen and oxygen atoms in total. The Balaban J connectivity index is 1.56. The number of aliphatic hydroxyl groups is 1. The van der Waals surface area contributed by atoms with Crippen molar-refractivity contribution >= 4 is 11.6 Å². The summed E-state index contributed by atoms with van der Waals surface area (Å²) in [4.78, 5) is 6.59. The lowest BCUT2D eigenvalue weighted by Gasteiger charge is -2.32. The molecule has 0 unspecified atom stereocenters. The Hall–Kier alpha value is -1.43. The van der Waals surface area contributed by atoms with Crippen molar-refractivity contribution in [2.24, 2.45) is 0 Å². The lowest BCUT2D eigenvalue weighted by atomic mass is 9.93. The first-order chi connectivity index (χ1) is 10.8. The molecule has 22 heavy (non-hydrogen) atoms. The second-order valence-corrected chi connectivity index (χ2v) is 6.13. The smallest absolute Gasteiger partial charge is 0.129 e. The van der Waals surface area contributed by atoms with Gasteiger partial charge in [0.1, 0.15) is 5.15 Å². The van der Waals surface area contributed by atoms with Crippen LogP contribution < -0.4 is 0 Å². The van der Waals surface area contributed by atoms with Gasteiger partial charge in [-0.25, -0.2) is 4.98 Å². The number of piperidine rings is 1. The second kappa shape index (κ2) is 7.22. The van der Waals surface area contributed by atoms with Crippen LogP contribution in [0.3, 0.4) is 0 Å². The van der Waals surface area contributed by atoms with E-state index >= 15 is 0 Å². The first kappa shape index (κ1) is 15.5. The van der Waals surface area contributed by atoms with E-state index in [-0.39, 0.29) is 6.61 Å². The topological polar surface area (TPSA) is 54.2 Å². The highest BCUT2D eigenvalue weighted by atomic mass is 35.5. The van der Waals surface area contributed by atoms with Crippen molar-refractivity contribution < 1.29 is 5.11 Å². The monoisotopic (exact) mass is 320 g/mol. The Morgan fingerprint density at radius 1 is 1.23 bits per heavy atom. The van der Waals surface area contributed by atoms with Crippen molar-refractivity contribution in [3.63, 3.8) is 0 Å². The summed E-state index contributed by atoms with van der Waals surface area (Å²) in [5.74, 6) is 0.536. The van der Waals surface area contributed by atoms with Gasteiger partial charge in [-0.3, -0.25) is 9.58 Å². The molecular formula is C16H21ClN4O. The third-order valence-electron chi connectivity index (χ3n) is 4.26. The Labute approximate surface area is 135 Å². The maximum absolute atomic E-state index is 9.10. The van der Waals surface area contributed by atoms with E-state index in [4.69, 9.17) is 16.7 Å². The van der Waals surface area contributed by atoms with Gasteiger partial charge >= 0.3 is 0 Å². The van der Waals surface area contributed by atoms with Crippen LogP contribution in [0.25, 0.3) is 0 Å². The Bertz CT molecular complexity index is 590. The van der Waals surface area contributed by atoms with E-state index in [2.05, 4.69) is 21.0 Å². The van der Waals surface area contributed by atoms with Crippen LogP contribution in [0.5, 0.6) is 0 Å². The number of aliphatic hydroxyl groups excluding tert-OH is 1. The number of nitrogens with zero attached hydrogens (tertiary/aromatic N) is 4. The zero-order chi connectivity index (χ0) is 15.4. The van der Waals surface area contributed by atoms with Crippen LogP contribution in [-0.4, -0.2) is 44.5 Å². The van der Waals surface area contributed by atoms with Gasteiger partial charge in [0.25, 0.3) is 0 Å². The van der Waals surface area contributed by atoms with E-state index in [1.54, 1.807) is 0 Å². The van der Waals surface area contributed by atoms with Crippen LogP contribution in [0, 0.1) is 0 Å². The number of rotatable bonds is 5. The molecule has 3 heterocycles. The normalized spacial score (nSPS) is 17.0. The number of hydrogen-bond donors (Lipinski definition) is 1. The first-order valence-corrected chi connectivity index (χ1v) is 8.09. The van der Waals surface area contributed by atoms with Crippen LogP contribution in [0.2, 0.25) is 5.15 Å². The van der Waals surface area contributed by atoms with Crippen molar-refractivity contribution in [2.45, 2.75) is 31.8 Å². The molecule has 0 aromatic carbocycles. The van der Waals surface area contributed by atoms with Crippen molar-refractivity contribution in [1.82, 2.24) is 19.7 Å². The number of halogens is 1. The fourth-order valence-corrected chi connectivity index (χ4v) is 3.23. The fourth-order valence-electron chi connectivity index (χ4n) is 3.12. The Kier molecular flexibility index (Phi) is 5.08. The molecule has 3 rings (SSSR count). The average molecular weight is 321 g/mol. The minimum Gasteiger partial charge on any atom is -0.394 e. The third-order valence-corrected chi connectivity index (χ3v) is 4.49. The van der Waals surface area contributed by atoms with Gasteiger partial charge in [-0.05, 0) is 43.6 Å². The zero-order valence-corrected chi connectivity index (χ0v) is 13.3. The highest BCUT2D eigenvalue weighted by molar-refractivity contribution is 6.29. The highest BCUT2D eigenvalue weighted by Crippen LogP contribution is 2.28. The highest BCUT2D eigenvalue weighted by Gasteiger charge is 2.23. The Morgan fingerprint density at radius 2 is 2.05 bits per heavy atom. The lowest BCUT2D eigenvalue weighted by molar-refractivity contribution is 0.198. The van der Waals surface area contributed by atoms with E-state index in [9.17, 15) is 0 Å². The molecule has 0 amide bonds. The first-order valence-electron chi connectivity index (χ1n) is 7.71. The van der Waals surface area contributed by atoms with Gasteiger partial charge in [0, 0.05) is 30.6 Å². The fraction of sp³-hybridized carbons (Fsp3) is 0.500. The number of aromatic nitrogens is 3. The van der Waals surface area contributed by atoms with E-state index in [1.165, 1.54) is 11.3 Å². The SMILES string of the molecule is OCCn1nccc1C1CCN(Cc2ccc(Cl)nc2)CC1. The molecule has 0 aliphatic carbocycles. The molecule has 2 aromatic heterocycles. The lowest BCUT2D eigenvalue weighted by Crippen LogP contribution is -2.33. The van der Waals surface area contributed by atoms with Crippen molar-refractivity contribution in [1.29, 1.82) is 0 Å². The maximum atomic E-state index is 9.10. The summed E-state index contributed by atoms with van der Waals surface area (Å²) >= 11 is 5.82. The van der Waals surface area contributed by atoms with E-state index < -0.39 is 0 Å². The van der Waals surface area contributed by atoms with Gasteiger partial charge in [-0.2, -0.15) is 5.10 Å². The minimum absolute atomic E-state index is 0.136. The molecule has 1 aliphatic rings. The van der Waals surface area contributed by atoms with Crippen molar-refractivity contribution in [3.8, 4) is 0 Å². The summed E-state index contributed by atoms with van der Waals surface area (Å²) in [6.45, 7) is 3.78. The van der Waals surface area contributed by atoms with E-state index in [0.717, 1.165) is 32.5 Å². The van der Waals surface area contributed by atoms with Gasteiger partial charge < -0.3 is 5.11 Å². The average Bonchev–Trinajstić information content (AvgIpc) is 2.99. The summed E-state index contributed by atoms with van der Waals surface area (Å²) in [6.07, 6.45) is 5.93. The summed E-state index contributed by atoms with van der Waals surface area (Å²) in [6, 6.07) is 5.97. The number of hydrogen-bond acceptors (Lipinski definition) is 4. The molecule has 0 bridgehead atoms. The van der Waals surface area contributed by atoms with Crippen LogP contribution in [0.15, 0.2) is 30.6 Å². The molecular weight excluding hydrogens is 300 g/mol. The maximum Gasteiger partial charge on any atom is 0.129 e. The summed E-state index contributed by atoms with van der Waals surface area (Å²) in [5.41, 5.74) is 2.45. The molecule has 1 aliphatic heterocycles. The predicted octanol–water partition coefficient (Wildman–Crippen LogP) is 2.30. The quantitative estimate of drug-likeness (QED) is 0.859. The van der Waals surface area contributed by atoms with Crippen LogP contribution in [0.4, 0.5) is 0 Å². The van der Waals surface area contributed by atoms with Gasteiger partial charge in [-0.15, -0.1) is 0 Å². The van der Waals surface area contributed by atoms with Crippen LogP contribution >= 0.6 is 11.6 Å². The largest absolute Gasteiger partial charge is 0.394 e. The molecule has 1 N–H and O–H groups in total. The third kappa shape index (κ3) is 3.66. The molecule has 1 fully saturated rings. The van der Waals surface area contributed by atoms with Crippen LogP contribution in [0.1, 0.15) is 30.0 Å². The van der Waals surface area contributed by atoms with Gasteiger partial charge in [-0.1, -0.05) is 17.7 Å². The minimum atomic E-state index is 0.136. The van der Waals surface area contributed by atoms with Gasteiger partial charge in [0.2, 0.25) is 0 Å². The summed E-state index contributed by atoms with van der Waals surface area (Å²) in [7, 11) is 0.